The van der Waals surface area contributed by atoms with Crippen LogP contribution in [0.25, 0.3) is 0 Å². The van der Waals surface area contributed by atoms with E-state index in [9.17, 15) is 4.79 Å². The molecular weight excluding hydrogens is 238 g/mol. The van der Waals surface area contributed by atoms with Gasteiger partial charge in [0.15, 0.2) is 0 Å². The van der Waals surface area contributed by atoms with Gasteiger partial charge >= 0.3 is 0 Å². The number of benzene rings is 1. The van der Waals surface area contributed by atoms with Gasteiger partial charge in [0.2, 0.25) is 5.91 Å². The number of carbonyl (C=O) groups is 1. The van der Waals surface area contributed by atoms with Crippen molar-refractivity contribution in [1.82, 2.24) is 5.32 Å². The van der Waals surface area contributed by atoms with Crippen molar-refractivity contribution in [3.63, 3.8) is 0 Å². The van der Waals surface area contributed by atoms with Crippen molar-refractivity contribution in [2.45, 2.75) is 20.3 Å². The Bertz CT molecular complexity index is 359. The van der Waals surface area contributed by atoms with Crippen LogP contribution in [-0.4, -0.2) is 24.9 Å². The molecule has 94 valence electrons. The van der Waals surface area contributed by atoms with Crippen molar-refractivity contribution < 1.29 is 9.53 Å². The van der Waals surface area contributed by atoms with E-state index in [1.807, 2.05) is 26.0 Å². The Morgan fingerprint density at radius 2 is 1.94 bits per heavy atom. The Kier molecular flexibility index (Phi) is 5.84. The number of rotatable bonds is 6. The fourth-order valence-electron chi connectivity index (χ4n) is 1.55. The first-order valence-corrected chi connectivity index (χ1v) is 6.19. The van der Waals surface area contributed by atoms with Crippen molar-refractivity contribution in [3.05, 3.63) is 29.3 Å². The van der Waals surface area contributed by atoms with Crippen LogP contribution in [0.15, 0.2) is 18.2 Å². The average Bonchev–Trinajstić information content (AvgIpc) is 2.23. The number of carbonyl (C=O) groups excluding carboxylic acids is 1. The van der Waals surface area contributed by atoms with Crippen LogP contribution in [0.4, 0.5) is 0 Å². The molecule has 0 fully saturated rings. The van der Waals surface area contributed by atoms with Gasteiger partial charge in [-0.3, -0.25) is 4.79 Å². The van der Waals surface area contributed by atoms with E-state index in [1.54, 1.807) is 0 Å². The van der Waals surface area contributed by atoms with Crippen LogP contribution in [0.5, 0.6) is 5.75 Å². The topological polar surface area (TPSA) is 38.3 Å². The number of aryl methyl sites for hydroxylation is 2. The molecule has 0 unspecified atom stereocenters. The summed E-state index contributed by atoms with van der Waals surface area (Å²) < 4.78 is 5.55. The van der Waals surface area contributed by atoms with Gasteiger partial charge in [-0.15, -0.1) is 11.6 Å². The SMILES string of the molecule is Cc1cc(C)cc(OCCNC(=O)CCCl)c1. The maximum Gasteiger partial charge on any atom is 0.221 e. The molecule has 1 aromatic carbocycles. The maximum atomic E-state index is 11.1. The first-order valence-electron chi connectivity index (χ1n) is 5.65. The summed E-state index contributed by atoms with van der Waals surface area (Å²) in [5.74, 6) is 1.15. The molecule has 1 amide bonds. The molecule has 0 atom stereocenters. The molecule has 1 aromatic rings. The molecule has 0 aromatic heterocycles. The van der Waals surface area contributed by atoms with Gasteiger partial charge in [-0.25, -0.2) is 0 Å². The van der Waals surface area contributed by atoms with Crippen molar-refractivity contribution in [1.29, 1.82) is 0 Å². The second-order valence-corrected chi connectivity index (χ2v) is 4.34. The number of amides is 1. The minimum atomic E-state index is -0.0379. The van der Waals surface area contributed by atoms with Crippen LogP contribution in [0.2, 0.25) is 0 Å². The van der Waals surface area contributed by atoms with Crippen LogP contribution in [0, 0.1) is 13.8 Å². The highest BCUT2D eigenvalue weighted by atomic mass is 35.5. The first-order chi connectivity index (χ1) is 8.11. The van der Waals surface area contributed by atoms with Crippen LogP contribution in [-0.2, 0) is 4.79 Å². The largest absolute Gasteiger partial charge is 0.492 e. The Morgan fingerprint density at radius 3 is 2.53 bits per heavy atom. The van der Waals surface area contributed by atoms with Crippen LogP contribution in [0.1, 0.15) is 17.5 Å². The minimum absolute atomic E-state index is 0.0379. The number of ether oxygens (including phenoxy) is 1. The normalized spacial score (nSPS) is 10.1. The Hall–Kier alpha value is -1.22. The van der Waals surface area contributed by atoms with E-state index in [-0.39, 0.29) is 5.91 Å². The smallest absolute Gasteiger partial charge is 0.221 e. The summed E-state index contributed by atoms with van der Waals surface area (Å²) in [4.78, 5) is 11.1. The summed E-state index contributed by atoms with van der Waals surface area (Å²) in [5, 5.41) is 2.73. The summed E-state index contributed by atoms with van der Waals surface area (Å²) in [6.45, 7) is 5.03. The zero-order valence-electron chi connectivity index (χ0n) is 10.3. The Morgan fingerprint density at radius 1 is 1.29 bits per heavy atom. The van der Waals surface area contributed by atoms with Crippen LogP contribution < -0.4 is 10.1 Å². The quantitative estimate of drug-likeness (QED) is 0.626. The van der Waals surface area contributed by atoms with E-state index >= 15 is 0 Å². The average molecular weight is 256 g/mol. The molecule has 0 radical (unpaired) electrons. The minimum Gasteiger partial charge on any atom is -0.492 e. The summed E-state index contributed by atoms with van der Waals surface area (Å²) >= 11 is 5.45. The zero-order valence-corrected chi connectivity index (χ0v) is 11.0. The molecule has 1 rings (SSSR count). The molecule has 0 aliphatic heterocycles. The number of alkyl halides is 1. The molecule has 0 aliphatic rings. The molecule has 0 spiro atoms. The molecule has 3 nitrogen and oxygen atoms in total. The third-order valence-electron chi connectivity index (χ3n) is 2.21. The van der Waals surface area contributed by atoms with Crippen molar-refractivity contribution in [3.8, 4) is 5.75 Å². The molecular formula is C13H18ClNO2. The van der Waals surface area contributed by atoms with E-state index in [2.05, 4.69) is 11.4 Å². The molecule has 0 saturated carbocycles. The van der Waals surface area contributed by atoms with Gasteiger partial charge < -0.3 is 10.1 Å². The lowest BCUT2D eigenvalue weighted by molar-refractivity contribution is -0.120. The molecule has 0 saturated heterocycles. The summed E-state index contributed by atoms with van der Waals surface area (Å²) in [6, 6.07) is 6.05. The summed E-state index contributed by atoms with van der Waals surface area (Å²) in [6.07, 6.45) is 0.352. The van der Waals surface area contributed by atoms with Gasteiger partial charge in [0.1, 0.15) is 12.4 Å². The van der Waals surface area contributed by atoms with E-state index in [1.165, 1.54) is 11.1 Å². The van der Waals surface area contributed by atoms with Gasteiger partial charge in [-0.1, -0.05) is 6.07 Å². The van der Waals surface area contributed by atoms with Crippen LogP contribution in [0.3, 0.4) is 0 Å². The number of nitrogens with one attached hydrogen (secondary N) is 1. The van der Waals surface area contributed by atoms with E-state index < -0.39 is 0 Å². The molecule has 4 heteroatoms. The highest BCUT2D eigenvalue weighted by Gasteiger charge is 2.00. The van der Waals surface area contributed by atoms with E-state index in [0.717, 1.165) is 5.75 Å². The lowest BCUT2D eigenvalue weighted by atomic mass is 10.1. The monoisotopic (exact) mass is 255 g/mol. The van der Waals surface area contributed by atoms with Crippen molar-refractivity contribution in [2.75, 3.05) is 19.0 Å². The molecule has 0 heterocycles. The second kappa shape index (κ2) is 7.17. The number of hydrogen-bond donors (Lipinski definition) is 1. The lowest BCUT2D eigenvalue weighted by Gasteiger charge is -2.09. The predicted octanol–water partition coefficient (Wildman–Crippen LogP) is 2.43. The third-order valence-corrected chi connectivity index (χ3v) is 2.40. The molecule has 17 heavy (non-hydrogen) atoms. The van der Waals surface area contributed by atoms with Gasteiger partial charge in [0.05, 0.1) is 6.54 Å². The summed E-state index contributed by atoms with van der Waals surface area (Å²) in [7, 11) is 0. The summed E-state index contributed by atoms with van der Waals surface area (Å²) in [5.41, 5.74) is 2.34. The first kappa shape index (κ1) is 13.8. The molecule has 0 aliphatic carbocycles. The Balaban J connectivity index is 2.28. The fraction of sp³-hybridized carbons (Fsp3) is 0.462. The van der Waals surface area contributed by atoms with Crippen LogP contribution >= 0.6 is 11.6 Å². The van der Waals surface area contributed by atoms with Gasteiger partial charge in [0.25, 0.3) is 0 Å². The Labute approximate surface area is 107 Å². The van der Waals surface area contributed by atoms with Gasteiger partial charge in [-0.05, 0) is 37.1 Å². The second-order valence-electron chi connectivity index (χ2n) is 3.96. The van der Waals surface area contributed by atoms with E-state index in [4.69, 9.17) is 16.3 Å². The molecule has 0 bridgehead atoms. The number of halogens is 1. The zero-order chi connectivity index (χ0) is 12.7. The molecule has 1 N–H and O–H groups in total. The highest BCUT2D eigenvalue weighted by molar-refractivity contribution is 6.18. The van der Waals surface area contributed by atoms with Crippen molar-refractivity contribution in [2.24, 2.45) is 0 Å². The van der Waals surface area contributed by atoms with Gasteiger partial charge in [-0.2, -0.15) is 0 Å². The highest BCUT2D eigenvalue weighted by Crippen LogP contribution is 2.15. The third kappa shape index (κ3) is 5.59. The fourth-order valence-corrected chi connectivity index (χ4v) is 1.72. The standard InChI is InChI=1S/C13H18ClNO2/c1-10-7-11(2)9-12(8-10)17-6-5-15-13(16)3-4-14/h7-9H,3-6H2,1-2H3,(H,15,16). The van der Waals surface area contributed by atoms with Gasteiger partial charge in [0, 0.05) is 12.3 Å². The number of hydrogen-bond acceptors (Lipinski definition) is 2. The van der Waals surface area contributed by atoms with Crippen molar-refractivity contribution >= 4 is 17.5 Å². The lowest BCUT2D eigenvalue weighted by Crippen LogP contribution is -2.28. The predicted molar refractivity (Wildman–Crippen MR) is 69.8 cm³/mol. The van der Waals surface area contributed by atoms with E-state index in [0.29, 0.717) is 25.5 Å². The maximum absolute atomic E-state index is 11.1.